The van der Waals surface area contributed by atoms with Crippen molar-refractivity contribution >= 4 is 32.9 Å². The molecule has 4 heteroatoms. The molecule has 0 nitrogen and oxygen atoms in total. The van der Waals surface area contributed by atoms with Gasteiger partial charge in [0.15, 0.2) is 0 Å². The molecule has 0 bridgehead atoms. The summed E-state index contributed by atoms with van der Waals surface area (Å²) in [6, 6.07) is 0. The van der Waals surface area contributed by atoms with Gasteiger partial charge in [-0.2, -0.15) is 5.57 Å². The molecule has 0 aromatic heterocycles. The summed E-state index contributed by atoms with van der Waals surface area (Å²) in [5.74, 6) is 0. The third-order valence-corrected chi connectivity index (χ3v) is 4.45. The van der Waals surface area contributed by atoms with Gasteiger partial charge in [-0.1, -0.05) is 39.4 Å². The molecule has 0 fully saturated rings. The summed E-state index contributed by atoms with van der Waals surface area (Å²) in [5.41, 5.74) is 1.61. The van der Waals surface area contributed by atoms with E-state index in [4.69, 9.17) is 0 Å². The molecule has 0 heterocycles. The van der Waals surface area contributed by atoms with Crippen LogP contribution in [0.5, 0.6) is 0 Å². The Kier molecular flexibility index (Phi) is 13.8. The van der Waals surface area contributed by atoms with E-state index in [0.29, 0.717) is 0 Å². The molecule has 1 rings (SSSR count). The van der Waals surface area contributed by atoms with Gasteiger partial charge in [-0.15, -0.1) is 31.2 Å². The average molecular weight is 314 g/mol. The predicted molar refractivity (Wildman–Crippen MR) is 76.8 cm³/mol. The largest absolute Gasteiger partial charge is 0.273 e. The van der Waals surface area contributed by atoms with Crippen LogP contribution in [-0.2, 0) is 21.7 Å². The number of rotatable bonds is 4. The van der Waals surface area contributed by atoms with Crippen LogP contribution in [0.3, 0.4) is 0 Å². The normalized spacial score (nSPS) is 14.0. The Morgan fingerprint density at radius 3 is 2.19 bits per heavy atom. The van der Waals surface area contributed by atoms with Crippen molar-refractivity contribution in [3.05, 3.63) is 22.9 Å². The first-order chi connectivity index (χ1) is 6.04. The average Bonchev–Trinajstić information content (AvgIpc) is 2.47. The summed E-state index contributed by atoms with van der Waals surface area (Å²) in [5, 5.41) is 1.54. The Labute approximate surface area is 129 Å². The Balaban J connectivity index is -0.000000563. The summed E-state index contributed by atoms with van der Waals surface area (Å²) in [7, 11) is -1.08. The Hall–Kier alpha value is 0.991. The second-order valence-electron chi connectivity index (χ2n) is 4.92. The molecule has 94 valence electrons. The van der Waals surface area contributed by atoms with Crippen molar-refractivity contribution in [2.24, 2.45) is 0 Å². The summed E-state index contributed by atoms with van der Waals surface area (Å²) in [6.45, 7) is 9.45. The van der Waals surface area contributed by atoms with E-state index in [-0.39, 0.29) is 46.5 Å². The van der Waals surface area contributed by atoms with Crippen LogP contribution in [0.1, 0.15) is 32.6 Å². The summed E-state index contributed by atoms with van der Waals surface area (Å²) in [6.07, 6.45) is 11.0. The molecule has 0 saturated heterocycles. The van der Waals surface area contributed by atoms with Crippen molar-refractivity contribution in [3.63, 3.8) is 0 Å². The van der Waals surface area contributed by atoms with Gasteiger partial charge in [0.1, 0.15) is 0 Å². The van der Waals surface area contributed by atoms with Crippen molar-refractivity contribution in [1.82, 2.24) is 0 Å². The van der Waals surface area contributed by atoms with Gasteiger partial charge < -0.3 is 0 Å². The van der Waals surface area contributed by atoms with Crippen LogP contribution in [0.2, 0.25) is 19.6 Å². The molecule has 1 aliphatic carbocycles. The molecule has 0 atom stereocenters. The van der Waals surface area contributed by atoms with Gasteiger partial charge in [-0.05, 0) is 6.42 Å². The van der Waals surface area contributed by atoms with Crippen molar-refractivity contribution in [2.45, 2.75) is 52.2 Å². The first-order valence-corrected chi connectivity index (χ1v) is 8.85. The van der Waals surface area contributed by atoms with Crippen molar-refractivity contribution in [2.75, 3.05) is 0 Å². The molecule has 0 unspecified atom stereocenters. The number of hydrogen-bond donors (Lipinski definition) is 0. The molecular formula is C12H23Cl2SiTi-. The van der Waals surface area contributed by atoms with E-state index in [1.54, 1.807) is 10.8 Å². The first kappa shape index (κ1) is 22.2. The second-order valence-corrected chi connectivity index (χ2v) is 9.96. The standard InChI is InChI=1S/C12H21Si.2ClH.Ti/c1-5-6-7-11-8-9-12(10-11)13(2,3)4;;;/h10H,5-8H2,1-4H3;2*1H;/q-1;;;. The van der Waals surface area contributed by atoms with E-state index >= 15 is 0 Å². The van der Waals surface area contributed by atoms with Gasteiger partial charge >= 0.3 is 0 Å². The fourth-order valence-corrected chi connectivity index (χ4v) is 2.82. The smallest absolute Gasteiger partial charge is 0.0393 e. The topological polar surface area (TPSA) is 0 Å². The maximum atomic E-state index is 3.54. The second kappa shape index (κ2) is 9.96. The van der Waals surface area contributed by atoms with Crippen LogP contribution in [0.15, 0.2) is 16.8 Å². The van der Waals surface area contributed by atoms with Gasteiger partial charge in [-0.3, -0.25) is 6.08 Å². The predicted octanol–water partition coefficient (Wildman–Crippen LogP) is 4.95. The molecule has 0 saturated carbocycles. The molecule has 0 aliphatic heterocycles. The van der Waals surface area contributed by atoms with E-state index in [9.17, 15) is 0 Å². The minimum atomic E-state index is -1.08. The van der Waals surface area contributed by atoms with Crippen molar-refractivity contribution in [3.8, 4) is 0 Å². The van der Waals surface area contributed by atoms with Crippen LogP contribution in [0.4, 0.5) is 0 Å². The molecule has 1 aliphatic rings. The number of halogens is 2. The maximum Gasteiger partial charge on any atom is 0.0393 e. The molecule has 0 spiro atoms. The zero-order valence-corrected chi connectivity index (χ0v) is 14.9. The van der Waals surface area contributed by atoms with Gasteiger partial charge in [0.05, 0.1) is 0 Å². The van der Waals surface area contributed by atoms with Crippen LogP contribution in [0.25, 0.3) is 0 Å². The molecule has 0 radical (unpaired) electrons. The van der Waals surface area contributed by atoms with Gasteiger partial charge in [0.25, 0.3) is 0 Å². The third kappa shape index (κ3) is 7.34. The zero-order valence-electron chi connectivity index (χ0n) is 10.7. The first-order valence-electron chi connectivity index (χ1n) is 5.35. The molecule has 0 aromatic rings. The summed E-state index contributed by atoms with van der Waals surface area (Å²) >= 11 is 0. The Morgan fingerprint density at radius 1 is 1.25 bits per heavy atom. The van der Waals surface area contributed by atoms with E-state index < -0.39 is 8.07 Å². The molecule has 0 N–H and O–H groups in total. The summed E-state index contributed by atoms with van der Waals surface area (Å²) < 4.78 is 0. The van der Waals surface area contributed by atoms with Gasteiger partial charge in [0.2, 0.25) is 0 Å². The molecule has 16 heavy (non-hydrogen) atoms. The monoisotopic (exact) mass is 313 g/mol. The van der Waals surface area contributed by atoms with Crippen LogP contribution in [0, 0.1) is 6.08 Å². The third-order valence-electron chi connectivity index (χ3n) is 2.51. The van der Waals surface area contributed by atoms with Gasteiger partial charge in [-0.25, -0.2) is 11.3 Å². The van der Waals surface area contributed by atoms with E-state index in [2.05, 4.69) is 38.7 Å². The van der Waals surface area contributed by atoms with Crippen molar-refractivity contribution in [1.29, 1.82) is 0 Å². The fourth-order valence-electron chi connectivity index (χ4n) is 1.56. The van der Waals surface area contributed by atoms with E-state index in [1.165, 1.54) is 19.3 Å². The minimum Gasteiger partial charge on any atom is -0.273 e. The van der Waals surface area contributed by atoms with Crippen LogP contribution < -0.4 is 0 Å². The van der Waals surface area contributed by atoms with E-state index in [0.717, 1.165) is 6.42 Å². The minimum absolute atomic E-state index is 0. The summed E-state index contributed by atoms with van der Waals surface area (Å²) in [4.78, 5) is 0. The molecule has 0 aromatic carbocycles. The van der Waals surface area contributed by atoms with Crippen molar-refractivity contribution < 1.29 is 21.7 Å². The SMILES string of the molecule is CCCCC1=CC([Si](C)(C)C)=[C-]C1.Cl.Cl.[Ti]. The van der Waals surface area contributed by atoms with Crippen LogP contribution in [-0.4, -0.2) is 8.07 Å². The van der Waals surface area contributed by atoms with Gasteiger partial charge in [0, 0.05) is 29.8 Å². The van der Waals surface area contributed by atoms with E-state index in [1.807, 2.05) is 0 Å². The Morgan fingerprint density at radius 2 is 1.81 bits per heavy atom. The Bertz CT molecular complexity index is 242. The maximum absolute atomic E-state index is 3.54. The molecule has 0 amide bonds. The number of unbranched alkanes of at least 4 members (excludes halogenated alkanes) is 1. The number of allylic oxidation sites excluding steroid dienone is 4. The zero-order chi connectivity index (χ0) is 9.90. The molecular weight excluding hydrogens is 291 g/mol. The van der Waals surface area contributed by atoms with Crippen LogP contribution >= 0.6 is 24.8 Å². The fraction of sp³-hybridized carbons (Fsp3) is 0.667. The quantitative estimate of drug-likeness (QED) is 0.508. The number of hydrogen-bond acceptors (Lipinski definition) is 0.